The van der Waals surface area contributed by atoms with E-state index in [0.717, 1.165) is 11.3 Å². The van der Waals surface area contributed by atoms with E-state index in [-0.39, 0.29) is 0 Å². The minimum absolute atomic E-state index is 0.294. The molecule has 6 nitrogen and oxygen atoms in total. The van der Waals surface area contributed by atoms with Crippen LogP contribution >= 0.6 is 0 Å². The molecule has 1 atom stereocenters. The zero-order chi connectivity index (χ0) is 11.0. The van der Waals surface area contributed by atoms with Gasteiger partial charge >= 0.3 is 5.97 Å². The standard InChI is InChI=1S/C9H11N3O3/c1-5-6(4-10-12(5)2)7-3-8(9(13)14)15-11-7/h4,8H,3H2,1-2H3,(H,13,14)/t8-/m0/s1. The molecule has 2 rings (SSSR count). The van der Waals surface area contributed by atoms with Gasteiger partial charge in [-0.2, -0.15) is 5.10 Å². The molecule has 1 aromatic heterocycles. The van der Waals surface area contributed by atoms with Gasteiger partial charge in [0.1, 0.15) is 0 Å². The van der Waals surface area contributed by atoms with Crippen LogP contribution in [0, 0.1) is 6.92 Å². The number of carboxylic acid groups (broad SMARTS) is 1. The zero-order valence-corrected chi connectivity index (χ0v) is 8.47. The minimum Gasteiger partial charge on any atom is -0.478 e. The van der Waals surface area contributed by atoms with Crippen molar-refractivity contribution >= 4 is 11.7 Å². The fraction of sp³-hybridized carbons (Fsp3) is 0.444. The largest absolute Gasteiger partial charge is 0.478 e. The highest BCUT2D eigenvalue weighted by Gasteiger charge is 2.29. The van der Waals surface area contributed by atoms with Crippen LogP contribution in [0.1, 0.15) is 17.7 Å². The van der Waals surface area contributed by atoms with E-state index >= 15 is 0 Å². The Morgan fingerprint density at radius 2 is 2.47 bits per heavy atom. The Morgan fingerprint density at radius 3 is 2.93 bits per heavy atom. The fourth-order valence-electron chi connectivity index (χ4n) is 1.45. The van der Waals surface area contributed by atoms with Gasteiger partial charge in [-0.05, 0) is 6.92 Å². The maximum absolute atomic E-state index is 10.6. The Labute approximate surface area is 86.1 Å². The average Bonchev–Trinajstić information content (AvgIpc) is 2.76. The molecule has 0 amide bonds. The van der Waals surface area contributed by atoms with Crippen LogP contribution in [0.3, 0.4) is 0 Å². The summed E-state index contributed by atoms with van der Waals surface area (Å²) in [6, 6.07) is 0. The Kier molecular flexibility index (Phi) is 2.18. The summed E-state index contributed by atoms with van der Waals surface area (Å²) in [5, 5.41) is 16.6. The van der Waals surface area contributed by atoms with Crippen molar-refractivity contribution < 1.29 is 14.7 Å². The highest BCUT2D eigenvalue weighted by Crippen LogP contribution is 2.18. The number of carbonyl (C=O) groups is 1. The molecule has 0 aromatic carbocycles. The van der Waals surface area contributed by atoms with Crippen LogP contribution in [0.2, 0.25) is 0 Å². The summed E-state index contributed by atoms with van der Waals surface area (Å²) in [4.78, 5) is 15.4. The maximum Gasteiger partial charge on any atom is 0.348 e. The number of hydrogen-bond acceptors (Lipinski definition) is 4. The van der Waals surface area contributed by atoms with Crippen molar-refractivity contribution in [3.63, 3.8) is 0 Å². The fourth-order valence-corrected chi connectivity index (χ4v) is 1.45. The molecule has 1 N–H and O–H groups in total. The van der Waals surface area contributed by atoms with Gasteiger partial charge in [-0.1, -0.05) is 5.16 Å². The average molecular weight is 209 g/mol. The van der Waals surface area contributed by atoms with Crippen molar-refractivity contribution in [1.29, 1.82) is 0 Å². The number of oxime groups is 1. The lowest BCUT2D eigenvalue weighted by atomic mass is 10.1. The smallest absolute Gasteiger partial charge is 0.348 e. The molecule has 1 aromatic rings. The summed E-state index contributed by atoms with van der Waals surface area (Å²) in [7, 11) is 1.82. The monoisotopic (exact) mass is 209 g/mol. The summed E-state index contributed by atoms with van der Waals surface area (Å²) in [5.74, 6) is -0.990. The van der Waals surface area contributed by atoms with Crippen molar-refractivity contribution in [2.75, 3.05) is 0 Å². The highest BCUT2D eigenvalue weighted by atomic mass is 16.7. The number of nitrogens with zero attached hydrogens (tertiary/aromatic N) is 3. The van der Waals surface area contributed by atoms with Gasteiger partial charge in [0.05, 0.1) is 11.9 Å². The topological polar surface area (TPSA) is 76.7 Å². The van der Waals surface area contributed by atoms with Crippen molar-refractivity contribution in [3.05, 3.63) is 17.5 Å². The predicted molar refractivity (Wildman–Crippen MR) is 51.6 cm³/mol. The van der Waals surface area contributed by atoms with E-state index in [1.165, 1.54) is 0 Å². The van der Waals surface area contributed by atoms with Crippen LogP contribution in [0.4, 0.5) is 0 Å². The van der Waals surface area contributed by atoms with E-state index in [4.69, 9.17) is 9.94 Å². The first-order valence-corrected chi connectivity index (χ1v) is 4.54. The number of rotatable bonds is 2. The molecule has 6 heteroatoms. The normalized spacial score (nSPS) is 19.9. The first-order chi connectivity index (χ1) is 7.09. The predicted octanol–water partition coefficient (Wildman–Crippen LogP) is 0.306. The first kappa shape index (κ1) is 9.70. The number of aryl methyl sites for hydroxylation is 1. The lowest BCUT2D eigenvalue weighted by Gasteiger charge is -1.99. The second-order valence-corrected chi connectivity index (χ2v) is 3.44. The molecule has 0 spiro atoms. The summed E-state index contributed by atoms with van der Waals surface area (Å²) < 4.78 is 1.71. The van der Waals surface area contributed by atoms with Gasteiger partial charge in [-0.3, -0.25) is 4.68 Å². The van der Waals surface area contributed by atoms with Crippen molar-refractivity contribution in [3.8, 4) is 0 Å². The van der Waals surface area contributed by atoms with Gasteiger partial charge in [0.2, 0.25) is 6.10 Å². The van der Waals surface area contributed by atoms with E-state index in [9.17, 15) is 4.79 Å². The molecule has 0 saturated heterocycles. The molecule has 1 aliphatic rings. The van der Waals surface area contributed by atoms with Gasteiger partial charge in [-0.15, -0.1) is 0 Å². The van der Waals surface area contributed by atoms with Crippen LogP contribution in [0.5, 0.6) is 0 Å². The van der Waals surface area contributed by atoms with Gasteiger partial charge in [-0.25, -0.2) is 4.79 Å². The second-order valence-electron chi connectivity index (χ2n) is 3.44. The second kappa shape index (κ2) is 3.38. The van der Waals surface area contributed by atoms with Crippen LogP contribution < -0.4 is 0 Å². The number of carboxylic acids is 1. The van der Waals surface area contributed by atoms with E-state index in [1.807, 2.05) is 14.0 Å². The molecule has 0 bridgehead atoms. The summed E-state index contributed by atoms with van der Waals surface area (Å²) in [5.41, 5.74) is 2.44. The van der Waals surface area contributed by atoms with Gasteiger partial charge < -0.3 is 9.94 Å². The molecule has 0 aliphatic carbocycles. The molecule has 0 unspecified atom stereocenters. The van der Waals surface area contributed by atoms with Gasteiger partial charge in [0.15, 0.2) is 0 Å². The van der Waals surface area contributed by atoms with Crippen molar-refractivity contribution in [2.45, 2.75) is 19.4 Å². The Hall–Kier alpha value is -1.85. The first-order valence-electron chi connectivity index (χ1n) is 4.54. The van der Waals surface area contributed by atoms with E-state index < -0.39 is 12.1 Å². The van der Waals surface area contributed by atoms with Crippen LogP contribution in [-0.2, 0) is 16.7 Å². The van der Waals surface area contributed by atoms with E-state index in [1.54, 1.807) is 10.9 Å². The molecule has 2 heterocycles. The maximum atomic E-state index is 10.6. The molecule has 1 aliphatic heterocycles. The third-order valence-electron chi connectivity index (χ3n) is 2.49. The van der Waals surface area contributed by atoms with Crippen molar-refractivity contribution in [1.82, 2.24) is 9.78 Å². The highest BCUT2D eigenvalue weighted by molar-refractivity contribution is 6.03. The molecular weight excluding hydrogens is 198 g/mol. The molecule has 0 fully saturated rings. The van der Waals surface area contributed by atoms with E-state index in [2.05, 4.69) is 10.3 Å². The molecule has 0 saturated carbocycles. The summed E-state index contributed by atoms with van der Waals surface area (Å²) in [6.07, 6.45) is 1.10. The Morgan fingerprint density at radius 1 is 1.73 bits per heavy atom. The molecule has 0 radical (unpaired) electrons. The minimum atomic E-state index is -0.990. The third-order valence-corrected chi connectivity index (χ3v) is 2.49. The quantitative estimate of drug-likeness (QED) is 0.760. The molecular formula is C9H11N3O3. The number of aromatic nitrogens is 2. The SMILES string of the molecule is Cc1c(C2=NO[C@H](C(=O)O)C2)cnn1C. The van der Waals surface area contributed by atoms with Crippen molar-refractivity contribution in [2.24, 2.45) is 12.2 Å². The Bertz CT molecular complexity index is 436. The summed E-state index contributed by atoms with van der Waals surface area (Å²) >= 11 is 0. The van der Waals surface area contributed by atoms with Crippen LogP contribution in [0.15, 0.2) is 11.4 Å². The number of aliphatic carboxylic acids is 1. The zero-order valence-electron chi connectivity index (χ0n) is 8.47. The molecule has 15 heavy (non-hydrogen) atoms. The van der Waals surface area contributed by atoms with Gasteiger partial charge in [0, 0.05) is 24.7 Å². The van der Waals surface area contributed by atoms with Crippen LogP contribution in [-0.4, -0.2) is 32.7 Å². The van der Waals surface area contributed by atoms with Crippen LogP contribution in [0.25, 0.3) is 0 Å². The summed E-state index contributed by atoms with van der Waals surface area (Å²) in [6.45, 7) is 1.90. The van der Waals surface area contributed by atoms with Gasteiger partial charge in [0.25, 0.3) is 0 Å². The molecule has 80 valence electrons. The third kappa shape index (κ3) is 1.58. The number of hydrogen-bond donors (Lipinski definition) is 1. The lowest BCUT2D eigenvalue weighted by molar-refractivity contribution is -0.148. The Balaban J connectivity index is 2.21. The lowest BCUT2D eigenvalue weighted by Crippen LogP contribution is -2.20. The van der Waals surface area contributed by atoms with E-state index in [0.29, 0.717) is 12.1 Å².